The highest BCUT2D eigenvalue weighted by Gasteiger charge is 2.58. The lowest BCUT2D eigenvalue weighted by Gasteiger charge is -2.25. The third-order valence-corrected chi connectivity index (χ3v) is 8.23. The summed E-state index contributed by atoms with van der Waals surface area (Å²) in [6.45, 7) is 1.49. The fourth-order valence-corrected chi connectivity index (χ4v) is 5.47. The van der Waals surface area contributed by atoms with Gasteiger partial charge >= 0.3 is 12.1 Å². The third-order valence-electron chi connectivity index (χ3n) is 6.60. The van der Waals surface area contributed by atoms with E-state index in [-0.39, 0.29) is 43.7 Å². The highest BCUT2D eigenvalue weighted by Crippen LogP contribution is 2.43. The first-order valence-corrected chi connectivity index (χ1v) is 14.4. The van der Waals surface area contributed by atoms with Crippen LogP contribution in [0.5, 0.6) is 23.0 Å². The number of hydrogen-bond acceptors (Lipinski definition) is 6. The van der Waals surface area contributed by atoms with Crippen molar-refractivity contribution in [1.82, 2.24) is 0 Å². The van der Waals surface area contributed by atoms with Crippen LogP contribution in [0, 0.1) is 0 Å². The van der Waals surface area contributed by atoms with Crippen molar-refractivity contribution in [2.24, 2.45) is 0 Å². The van der Waals surface area contributed by atoms with Crippen molar-refractivity contribution < 1.29 is 50.9 Å². The van der Waals surface area contributed by atoms with Crippen LogP contribution in [-0.4, -0.2) is 64.3 Å². The summed E-state index contributed by atoms with van der Waals surface area (Å²) in [4.78, 5) is 0. The molecule has 2 atom stereocenters. The Morgan fingerprint density at radius 1 is 0.881 bits per heavy atom. The molecule has 0 saturated heterocycles. The van der Waals surface area contributed by atoms with Crippen LogP contribution >= 0.6 is 0 Å². The van der Waals surface area contributed by atoms with E-state index in [1.807, 2.05) is 12.1 Å². The molecular weight excluding hydrogens is 583 g/mol. The van der Waals surface area contributed by atoms with Crippen LogP contribution in [-0.2, 0) is 15.9 Å². The minimum atomic E-state index is -5.68. The van der Waals surface area contributed by atoms with Crippen LogP contribution in [0.1, 0.15) is 30.0 Å². The first kappa shape index (κ1) is 31.5. The number of alkyl halides is 5. The van der Waals surface area contributed by atoms with Gasteiger partial charge in [0.05, 0.1) is 19.6 Å². The Balaban J connectivity index is 1.33. The van der Waals surface area contributed by atoms with Crippen molar-refractivity contribution in [2.75, 3.05) is 32.2 Å². The summed E-state index contributed by atoms with van der Waals surface area (Å²) in [5, 5.41) is 18.3. The topological polar surface area (TPSA) is 91.2 Å². The Kier molecular flexibility index (Phi) is 9.90. The van der Waals surface area contributed by atoms with Gasteiger partial charge in [0.25, 0.3) is 0 Å². The Bertz CT molecular complexity index is 1380. The van der Waals surface area contributed by atoms with Crippen LogP contribution in [0.4, 0.5) is 22.0 Å². The minimum Gasteiger partial charge on any atom is -0.616 e. The highest BCUT2D eigenvalue weighted by molar-refractivity contribution is 7.92. The molecular formula is C30H29F5O6S. The summed E-state index contributed by atoms with van der Waals surface area (Å²) in [5.74, 6) is -3.77. The standard InChI is InChI=1S/C30H29F5O6S/c1-19(17-29(31,32)30(33,34)35)42(38)15-14-39-12-13-40-24-9-4-21(5-10-24)28-25-11-8-23(37)16-27(25)41-18-26(28)20-2-6-22(36)7-3-20/h2-11,16,19,36-37H,12-15,17-18H2,1H3. The van der Waals surface area contributed by atoms with Gasteiger partial charge in [-0.3, -0.25) is 0 Å². The van der Waals surface area contributed by atoms with Crippen LogP contribution in [0.3, 0.4) is 0 Å². The molecule has 3 aromatic carbocycles. The van der Waals surface area contributed by atoms with Gasteiger partial charge in [-0.05, 0) is 71.2 Å². The monoisotopic (exact) mass is 612 g/mol. The molecule has 0 radical (unpaired) electrons. The molecule has 0 aromatic heterocycles. The van der Waals surface area contributed by atoms with Gasteiger partial charge in [0.1, 0.15) is 47.2 Å². The predicted molar refractivity (Wildman–Crippen MR) is 148 cm³/mol. The van der Waals surface area contributed by atoms with Gasteiger partial charge in [-0.15, -0.1) is 0 Å². The van der Waals surface area contributed by atoms with Crippen molar-refractivity contribution in [3.8, 4) is 23.0 Å². The molecule has 4 rings (SSSR count). The van der Waals surface area contributed by atoms with Gasteiger partial charge in [-0.25, -0.2) is 0 Å². The van der Waals surface area contributed by atoms with E-state index in [1.54, 1.807) is 54.6 Å². The molecule has 0 spiro atoms. The first-order chi connectivity index (χ1) is 19.9. The normalized spacial score (nSPS) is 15.1. The molecule has 2 unspecified atom stereocenters. The van der Waals surface area contributed by atoms with E-state index in [4.69, 9.17) is 14.2 Å². The lowest BCUT2D eigenvalue weighted by Crippen LogP contribution is -2.41. The van der Waals surface area contributed by atoms with E-state index < -0.39 is 34.9 Å². The van der Waals surface area contributed by atoms with Crippen LogP contribution in [0.2, 0.25) is 0 Å². The average Bonchev–Trinajstić information content (AvgIpc) is 2.94. The fourth-order valence-electron chi connectivity index (χ4n) is 4.39. The molecule has 0 aliphatic carbocycles. The smallest absolute Gasteiger partial charge is 0.453 e. The maximum Gasteiger partial charge on any atom is 0.453 e. The Morgan fingerprint density at radius 2 is 1.52 bits per heavy atom. The molecule has 0 fully saturated rings. The summed E-state index contributed by atoms with van der Waals surface area (Å²) in [5.41, 5.74) is 4.31. The first-order valence-electron chi connectivity index (χ1n) is 13.0. The largest absolute Gasteiger partial charge is 0.616 e. The zero-order valence-corrected chi connectivity index (χ0v) is 23.3. The Hall–Kier alpha value is -3.48. The quantitative estimate of drug-likeness (QED) is 0.137. The number of aromatic hydroxyl groups is 2. The van der Waals surface area contributed by atoms with E-state index in [9.17, 15) is 36.7 Å². The molecule has 1 aliphatic heterocycles. The minimum absolute atomic E-state index is 0.0795. The average molecular weight is 613 g/mol. The number of ether oxygens (including phenoxy) is 3. The molecule has 0 bridgehead atoms. The molecule has 0 saturated carbocycles. The van der Waals surface area contributed by atoms with E-state index >= 15 is 0 Å². The zero-order chi connectivity index (χ0) is 30.5. The van der Waals surface area contributed by atoms with Gasteiger partial charge in [0, 0.05) is 17.2 Å². The van der Waals surface area contributed by atoms with E-state index in [2.05, 4.69) is 0 Å². The SMILES string of the molecule is CC(CC(F)(F)C(F)(F)F)[S+]([O-])CCOCCOc1ccc(C2=C(c3ccc(O)cc3)COc3cc(O)ccc32)cc1. The second-order valence-corrected chi connectivity index (χ2v) is 11.6. The summed E-state index contributed by atoms with van der Waals surface area (Å²) < 4.78 is 92.4. The number of phenolic OH excluding ortho intramolecular Hbond substituents is 2. The van der Waals surface area contributed by atoms with E-state index in [0.29, 0.717) is 11.5 Å². The number of benzene rings is 3. The Labute approximate surface area is 242 Å². The van der Waals surface area contributed by atoms with E-state index in [1.165, 1.54) is 0 Å². The molecule has 3 aromatic rings. The van der Waals surface area contributed by atoms with Crippen molar-refractivity contribution in [2.45, 2.75) is 30.7 Å². The number of halogens is 5. The molecule has 12 heteroatoms. The number of fused-ring (bicyclic) bond motifs is 1. The van der Waals surface area contributed by atoms with Gasteiger partial charge in [-0.1, -0.05) is 24.3 Å². The third kappa shape index (κ3) is 7.67. The van der Waals surface area contributed by atoms with Crippen LogP contribution < -0.4 is 9.47 Å². The molecule has 42 heavy (non-hydrogen) atoms. The van der Waals surface area contributed by atoms with E-state index in [0.717, 1.165) is 34.8 Å². The number of hydrogen-bond donors (Lipinski definition) is 2. The summed E-state index contributed by atoms with van der Waals surface area (Å²) in [6.07, 6.45) is -7.22. The van der Waals surface area contributed by atoms with Gasteiger partial charge in [-0.2, -0.15) is 22.0 Å². The van der Waals surface area contributed by atoms with Crippen molar-refractivity contribution in [3.63, 3.8) is 0 Å². The van der Waals surface area contributed by atoms with Crippen molar-refractivity contribution >= 4 is 22.3 Å². The lowest BCUT2D eigenvalue weighted by atomic mass is 9.87. The molecule has 2 N–H and O–H groups in total. The van der Waals surface area contributed by atoms with Crippen molar-refractivity contribution in [3.05, 3.63) is 83.4 Å². The summed E-state index contributed by atoms with van der Waals surface area (Å²) in [6, 6.07) is 19.0. The zero-order valence-electron chi connectivity index (χ0n) is 22.5. The molecule has 1 heterocycles. The summed E-state index contributed by atoms with van der Waals surface area (Å²) in [7, 11) is 0. The molecule has 1 aliphatic rings. The van der Waals surface area contributed by atoms with Gasteiger partial charge < -0.3 is 29.0 Å². The second kappa shape index (κ2) is 13.2. The van der Waals surface area contributed by atoms with Gasteiger partial charge in [0.2, 0.25) is 0 Å². The molecule has 226 valence electrons. The fraction of sp³-hybridized carbons (Fsp3) is 0.333. The maximum absolute atomic E-state index is 13.2. The Morgan fingerprint density at radius 3 is 2.19 bits per heavy atom. The summed E-state index contributed by atoms with van der Waals surface area (Å²) >= 11 is -1.91. The predicted octanol–water partition coefficient (Wildman–Crippen LogP) is 6.57. The van der Waals surface area contributed by atoms with Crippen LogP contribution in [0.15, 0.2) is 66.7 Å². The lowest BCUT2D eigenvalue weighted by molar-refractivity contribution is -0.283. The van der Waals surface area contributed by atoms with Crippen LogP contribution in [0.25, 0.3) is 11.1 Å². The number of rotatable bonds is 12. The number of phenols is 2. The highest BCUT2D eigenvalue weighted by atomic mass is 32.2. The van der Waals surface area contributed by atoms with Gasteiger partial charge in [0.15, 0.2) is 0 Å². The molecule has 6 nitrogen and oxygen atoms in total. The maximum atomic E-state index is 13.2. The van der Waals surface area contributed by atoms with Crippen molar-refractivity contribution in [1.29, 1.82) is 0 Å². The second-order valence-electron chi connectivity index (χ2n) is 9.66. The molecule has 0 amide bonds.